The fourth-order valence-electron chi connectivity index (χ4n) is 3.87. The summed E-state index contributed by atoms with van der Waals surface area (Å²) >= 11 is 13.2. The quantitative estimate of drug-likeness (QED) is 0.157. The summed E-state index contributed by atoms with van der Waals surface area (Å²) in [5.74, 6) is -0.0800. The molecule has 2 N–H and O–H groups in total. The molecule has 0 atom stereocenters. The Labute approximate surface area is 221 Å². The molecule has 3 aromatic rings. The number of nitro benzene ring substituents is 1. The topological polar surface area (TPSA) is 138 Å². The van der Waals surface area contributed by atoms with Crippen LogP contribution in [0.1, 0.15) is 37.7 Å². The highest BCUT2D eigenvalue weighted by molar-refractivity contribution is 7.99. The van der Waals surface area contributed by atoms with E-state index < -0.39 is 10.8 Å². The minimum Gasteiger partial charge on any atom is -0.349 e. The summed E-state index contributed by atoms with van der Waals surface area (Å²) in [6, 6.07) is 11.3. The maximum absolute atomic E-state index is 12.6. The lowest BCUT2D eigenvalue weighted by Crippen LogP contribution is -2.36. The van der Waals surface area contributed by atoms with Gasteiger partial charge >= 0.3 is 0 Å². The van der Waals surface area contributed by atoms with Crippen LogP contribution in [0.5, 0.6) is 0 Å². The predicted molar refractivity (Wildman–Crippen MR) is 138 cm³/mol. The fraction of sp³-hybridized carbons (Fsp3) is 0.250. The number of nitro groups is 1. The van der Waals surface area contributed by atoms with Crippen LogP contribution in [0.3, 0.4) is 0 Å². The van der Waals surface area contributed by atoms with Crippen molar-refractivity contribution in [2.24, 2.45) is 0 Å². The molecule has 1 fully saturated rings. The molecule has 1 amide bonds. The number of hydrogen-bond acceptors (Lipinski definition) is 7. The monoisotopic (exact) mass is 542 g/mol. The summed E-state index contributed by atoms with van der Waals surface area (Å²) in [7, 11) is 0. The number of nitrogens with zero attached hydrogens (tertiary/aromatic N) is 4. The second kappa shape index (κ2) is 11.6. The number of halogens is 2. The molecule has 9 nitrogen and oxygen atoms in total. The van der Waals surface area contributed by atoms with E-state index in [1.54, 1.807) is 24.3 Å². The number of benzene rings is 2. The number of aromatic amines is 1. The zero-order valence-electron chi connectivity index (χ0n) is 18.8. The number of nitrogens with one attached hydrogen (secondary N) is 2. The molecule has 0 aliphatic heterocycles. The minimum absolute atomic E-state index is 0.0464. The highest BCUT2D eigenvalue weighted by Crippen LogP contribution is 2.36. The molecule has 184 valence electrons. The number of carbonyl (C=O) groups is 1. The van der Waals surface area contributed by atoms with Crippen molar-refractivity contribution >= 4 is 52.6 Å². The first kappa shape index (κ1) is 25.7. The Kier molecular flexibility index (Phi) is 8.25. The molecule has 1 aliphatic carbocycles. The van der Waals surface area contributed by atoms with Crippen LogP contribution >= 0.6 is 35.0 Å². The van der Waals surface area contributed by atoms with Gasteiger partial charge in [-0.1, -0.05) is 48.5 Å². The smallest absolute Gasteiger partial charge is 0.283 e. The van der Waals surface area contributed by atoms with Crippen molar-refractivity contribution in [3.63, 3.8) is 0 Å². The van der Waals surface area contributed by atoms with E-state index >= 15 is 0 Å². The van der Waals surface area contributed by atoms with Gasteiger partial charge in [0.05, 0.1) is 14.8 Å². The van der Waals surface area contributed by atoms with E-state index in [4.69, 9.17) is 23.2 Å². The maximum Gasteiger partial charge on any atom is 0.283 e. The largest absolute Gasteiger partial charge is 0.349 e. The summed E-state index contributed by atoms with van der Waals surface area (Å²) < 4.78 is 0. The Morgan fingerprint density at radius 3 is 2.69 bits per heavy atom. The van der Waals surface area contributed by atoms with Gasteiger partial charge in [0.25, 0.3) is 11.6 Å². The highest BCUT2D eigenvalue weighted by atomic mass is 35.5. The molecule has 2 aromatic carbocycles. The number of H-pyrrole nitrogens is 1. The normalized spacial score (nSPS) is 14.3. The second-order valence-corrected chi connectivity index (χ2v) is 10.0. The van der Waals surface area contributed by atoms with E-state index in [2.05, 4.69) is 20.5 Å². The van der Waals surface area contributed by atoms with Crippen molar-refractivity contribution in [1.29, 1.82) is 5.26 Å². The first-order chi connectivity index (χ1) is 17.3. The van der Waals surface area contributed by atoms with Gasteiger partial charge in [0.2, 0.25) is 5.16 Å². The van der Waals surface area contributed by atoms with Crippen LogP contribution < -0.4 is 5.32 Å². The number of hydrogen-bond donors (Lipinski definition) is 2. The predicted octanol–water partition coefficient (Wildman–Crippen LogP) is 6.19. The van der Waals surface area contributed by atoms with E-state index in [1.165, 1.54) is 18.2 Å². The highest BCUT2D eigenvalue weighted by Gasteiger charge is 2.21. The lowest BCUT2D eigenvalue weighted by atomic mass is 9.95. The van der Waals surface area contributed by atoms with Gasteiger partial charge in [-0.05, 0) is 60.5 Å². The van der Waals surface area contributed by atoms with Gasteiger partial charge in [0.1, 0.15) is 11.6 Å². The van der Waals surface area contributed by atoms with Gasteiger partial charge in [0.15, 0.2) is 5.82 Å². The van der Waals surface area contributed by atoms with E-state index in [1.807, 2.05) is 6.07 Å². The third-order valence-electron chi connectivity index (χ3n) is 5.65. The summed E-state index contributed by atoms with van der Waals surface area (Å²) in [5, 5.41) is 32.2. The van der Waals surface area contributed by atoms with Gasteiger partial charge in [-0.2, -0.15) is 5.26 Å². The fourth-order valence-corrected chi connectivity index (χ4v) is 5.17. The molecule has 0 bridgehead atoms. The van der Waals surface area contributed by atoms with Crippen LogP contribution in [0.4, 0.5) is 5.69 Å². The molecule has 0 unspecified atom stereocenters. The van der Waals surface area contributed by atoms with Crippen molar-refractivity contribution in [1.82, 2.24) is 20.5 Å². The molecule has 0 spiro atoms. The van der Waals surface area contributed by atoms with E-state index in [0.717, 1.165) is 43.9 Å². The molecule has 1 aromatic heterocycles. The van der Waals surface area contributed by atoms with Crippen LogP contribution in [0.2, 0.25) is 10.0 Å². The zero-order chi connectivity index (χ0) is 25.7. The average Bonchev–Trinajstić information content (AvgIpc) is 3.31. The van der Waals surface area contributed by atoms with Crippen molar-refractivity contribution in [3.8, 4) is 17.5 Å². The maximum atomic E-state index is 12.6. The number of aromatic nitrogens is 3. The van der Waals surface area contributed by atoms with Crippen LogP contribution in [-0.2, 0) is 4.79 Å². The third-order valence-corrected chi connectivity index (χ3v) is 7.13. The van der Waals surface area contributed by atoms with Crippen LogP contribution in [-0.4, -0.2) is 32.1 Å². The zero-order valence-corrected chi connectivity index (χ0v) is 21.2. The lowest BCUT2D eigenvalue weighted by molar-refractivity contribution is -0.387. The Bertz CT molecular complexity index is 1380. The van der Waals surface area contributed by atoms with Crippen molar-refractivity contribution in [2.75, 3.05) is 0 Å². The number of rotatable bonds is 7. The number of nitriles is 1. The first-order valence-electron chi connectivity index (χ1n) is 11.1. The van der Waals surface area contributed by atoms with Crippen molar-refractivity contribution in [3.05, 3.63) is 67.7 Å². The summed E-state index contributed by atoms with van der Waals surface area (Å²) in [6.45, 7) is 0. The SMILES string of the molecule is N#C/C(=C\c1ccc(Sc2n[nH]c(-c3ccc(Cl)cc3Cl)n2)c([N+](=O)[O-])c1)C(=O)NC1CCCCC1. The molecule has 1 saturated carbocycles. The number of amides is 1. The first-order valence-corrected chi connectivity index (χ1v) is 12.7. The van der Waals surface area contributed by atoms with Gasteiger partial charge < -0.3 is 5.32 Å². The van der Waals surface area contributed by atoms with Gasteiger partial charge in [-0.15, -0.1) is 5.10 Å². The van der Waals surface area contributed by atoms with Crippen LogP contribution in [0.25, 0.3) is 17.5 Å². The molecule has 0 saturated heterocycles. The Balaban J connectivity index is 1.54. The average molecular weight is 543 g/mol. The van der Waals surface area contributed by atoms with Crippen molar-refractivity contribution in [2.45, 2.75) is 48.2 Å². The lowest BCUT2D eigenvalue weighted by Gasteiger charge is -2.22. The third kappa shape index (κ3) is 6.23. The molecule has 36 heavy (non-hydrogen) atoms. The molecule has 0 radical (unpaired) electrons. The Hall–Kier alpha value is -3.39. The molecular formula is C24H20Cl2N6O3S. The second-order valence-electron chi connectivity index (χ2n) is 8.16. The summed E-state index contributed by atoms with van der Waals surface area (Å²) in [6.07, 6.45) is 6.35. The standard InChI is InChI=1S/C24H20Cl2N6O3S/c25-16-7-8-18(19(26)12-16)22-29-24(31-30-22)36-21-9-6-14(11-20(21)32(34)35)10-15(13-27)23(33)28-17-4-2-1-3-5-17/h6-12,17H,1-5H2,(H,28,33)(H,29,30,31)/b15-10+. The minimum atomic E-state index is -0.530. The molecule has 4 rings (SSSR count). The van der Waals surface area contributed by atoms with Gasteiger partial charge in [-0.25, -0.2) is 4.98 Å². The Morgan fingerprint density at radius 2 is 2.00 bits per heavy atom. The number of carbonyl (C=O) groups excluding carboxylic acids is 1. The van der Waals surface area contributed by atoms with Crippen LogP contribution in [0, 0.1) is 21.4 Å². The van der Waals surface area contributed by atoms with Gasteiger partial charge in [0, 0.05) is 22.7 Å². The van der Waals surface area contributed by atoms with E-state index in [0.29, 0.717) is 31.9 Å². The summed E-state index contributed by atoms with van der Waals surface area (Å²) in [4.78, 5) is 28.5. The van der Waals surface area contributed by atoms with Crippen molar-refractivity contribution < 1.29 is 9.72 Å². The van der Waals surface area contributed by atoms with E-state index in [-0.39, 0.29) is 22.5 Å². The molecular weight excluding hydrogens is 523 g/mol. The molecule has 1 aliphatic rings. The molecule has 1 heterocycles. The summed E-state index contributed by atoms with van der Waals surface area (Å²) in [5.41, 5.74) is 0.652. The van der Waals surface area contributed by atoms with Gasteiger partial charge in [-0.3, -0.25) is 20.0 Å². The van der Waals surface area contributed by atoms with E-state index in [9.17, 15) is 20.2 Å². The molecule has 12 heteroatoms. The van der Waals surface area contributed by atoms with Crippen LogP contribution in [0.15, 0.2) is 52.0 Å². The Morgan fingerprint density at radius 1 is 1.22 bits per heavy atom.